The molecule has 192 valence electrons. The molecule has 1 saturated carbocycles. The van der Waals surface area contributed by atoms with E-state index in [4.69, 9.17) is 16.3 Å². The van der Waals surface area contributed by atoms with E-state index >= 15 is 0 Å². The van der Waals surface area contributed by atoms with E-state index in [1.54, 1.807) is 37.3 Å². The zero-order valence-corrected chi connectivity index (χ0v) is 20.2. The van der Waals surface area contributed by atoms with Crippen molar-refractivity contribution in [2.75, 3.05) is 11.9 Å². The molecule has 0 saturated heterocycles. The maximum Gasteiger partial charge on any atom is 0.436 e. The van der Waals surface area contributed by atoms with E-state index in [0.29, 0.717) is 35.4 Å². The van der Waals surface area contributed by atoms with Crippen LogP contribution in [-0.2, 0) is 22.3 Å². The summed E-state index contributed by atoms with van der Waals surface area (Å²) in [5.74, 6) is -1.24. The number of hydrogen-bond donors (Lipinski definition) is 1. The van der Waals surface area contributed by atoms with Crippen LogP contribution in [0.15, 0.2) is 42.7 Å². The number of ether oxygens (including phenoxy) is 1. The standard InChI is InChI=1S/C24H20ClF3N6O3/c1-2-37-23(36)16-11-30-34-17(8-9-29-22(16)34)14-4-3-5-15(10-14)31-18(35)12-33-20(13-6-7-13)19(25)21(32-33)24(26,27)28/h3-5,8-11,13H,2,6-7,12H2,1H3,(H,31,35). The van der Waals surface area contributed by atoms with Crippen molar-refractivity contribution >= 4 is 34.8 Å². The Morgan fingerprint density at radius 3 is 2.73 bits per heavy atom. The molecule has 4 aromatic rings. The lowest BCUT2D eigenvalue weighted by molar-refractivity contribution is -0.141. The van der Waals surface area contributed by atoms with Crippen molar-refractivity contribution in [2.24, 2.45) is 0 Å². The van der Waals surface area contributed by atoms with Gasteiger partial charge in [-0.05, 0) is 38.0 Å². The predicted molar refractivity (Wildman–Crippen MR) is 127 cm³/mol. The van der Waals surface area contributed by atoms with Gasteiger partial charge >= 0.3 is 12.1 Å². The Morgan fingerprint density at radius 1 is 1.24 bits per heavy atom. The molecule has 1 aliphatic rings. The number of rotatable bonds is 7. The third-order valence-electron chi connectivity index (χ3n) is 5.80. The Bertz CT molecular complexity index is 1510. The van der Waals surface area contributed by atoms with Crippen LogP contribution in [0.3, 0.4) is 0 Å². The van der Waals surface area contributed by atoms with E-state index < -0.39 is 35.3 Å². The van der Waals surface area contributed by atoms with Crippen molar-refractivity contribution in [2.45, 2.75) is 38.4 Å². The highest BCUT2D eigenvalue weighted by Gasteiger charge is 2.42. The quantitative estimate of drug-likeness (QED) is 0.338. The molecule has 0 aliphatic heterocycles. The summed E-state index contributed by atoms with van der Waals surface area (Å²) in [5.41, 5.74) is 1.24. The van der Waals surface area contributed by atoms with Gasteiger partial charge in [0.1, 0.15) is 12.1 Å². The van der Waals surface area contributed by atoms with Crippen LogP contribution in [0.25, 0.3) is 16.9 Å². The third kappa shape index (κ3) is 4.88. The molecule has 13 heteroatoms. The number of halogens is 4. The van der Waals surface area contributed by atoms with Gasteiger partial charge in [0.2, 0.25) is 5.91 Å². The van der Waals surface area contributed by atoms with Gasteiger partial charge in [-0.3, -0.25) is 9.48 Å². The van der Waals surface area contributed by atoms with E-state index in [0.717, 1.165) is 4.68 Å². The largest absolute Gasteiger partial charge is 0.462 e. The Labute approximate surface area is 213 Å². The zero-order valence-electron chi connectivity index (χ0n) is 19.4. The highest BCUT2D eigenvalue weighted by Crippen LogP contribution is 2.46. The number of benzene rings is 1. The number of carbonyl (C=O) groups excluding carboxylic acids is 2. The number of nitrogens with zero attached hydrogens (tertiary/aromatic N) is 5. The molecular formula is C24H20ClF3N6O3. The Balaban J connectivity index is 1.39. The Hall–Kier alpha value is -3.93. The number of fused-ring (bicyclic) bond motifs is 1. The summed E-state index contributed by atoms with van der Waals surface area (Å²) in [6.07, 6.45) is -0.431. The van der Waals surface area contributed by atoms with E-state index in [9.17, 15) is 22.8 Å². The summed E-state index contributed by atoms with van der Waals surface area (Å²) in [5, 5.41) is 10.1. The second kappa shape index (κ2) is 9.51. The summed E-state index contributed by atoms with van der Waals surface area (Å²) < 4.78 is 47.5. The van der Waals surface area contributed by atoms with Crippen molar-refractivity contribution in [3.05, 3.63) is 64.7 Å². The summed E-state index contributed by atoms with van der Waals surface area (Å²) in [6, 6.07) is 8.50. The van der Waals surface area contributed by atoms with Crippen LogP contribution in [0.2, 0.25) is 5.02 Å². The van der Waals surface area contributed by atoms with Crippen LogP contribution in [0.4, 0.5) is 18.9 Å². The van der Waals surface area contributed by atoms with Crippen molar-refractivity contribution in [1.29, 1.82) is 0 Å². The minimum atomic E-state index is -4.72. The first-order valence-electron chi connectivity index (χ1n) is 11.4. The average molecular weight is 533 g/mol. The minimum Gasteiger partial charge on any atom is -0.462 e. The maximum atomic E-state index is 13.3. The molecule has 5 rings (SSSR count). The van der Waals surface area contributed by atoms with Crippen LogP contribution >= 0.6 is 11.6 Å². The Morgan fingerprint density at radius 2 is 2.03 bits per heavy atom. The molecule has 3 aromatic heterocycles. The number of amides is 1. The smallest absolute Gasteiger partial charge is 0.436 e. The number of esters is 1. The zero-order chi connectivity index (χ0) is 26.3. The number of alkyl halides is 3. The molecule has 0 radical (unpaired) electrons. The maximum absolute atomic E-state index is 13.3. The predicted octanol–water partition coefficient (Wildman–Crippen LogP) is 4.96. The van der Waals surface area contributed by atoms with Crippen LogP contribution in [0.5, 0.6) is 0 Å². The van der Waals surface area contributed by atoms with E-state index in [2.05, 4.69) is 20.5 Å². The van der Waals surface area contributed by atoms with Crippen LogP contribution < -0.4 is 5.32 Å². The first-order chi connectivity index (χ1) is 17.7. The summed E-state index contributed by atoms with van der Waals surface area (Å²) in [6.45, 7) is 1.49. The normalized spacial score (nSPS) is 13.6. The summed E-state index contributed by atoms with van der Waals surface area (Å²) in [7, 11) is 0. The molecule has 37 heavy (non-hydrogen) atoms. The van der Waals surface area contributed by atoms with Gasteiger partial charge in [-0.2, -0.15) is 23.4 Å². The fraction of sp³-hybridized carbons (Fsp3) is 0.292. The molecule has 0 spiro atoms. The van der Waals surface area contributed by atoms with Crippen molar-refractivity contribution in [3.63, 3.8) is 0 Å². The SMILES string of the molecule is CCOC(=O)c1cnn2c(-c3cccc(NC(=O)Cn4nc(C(F)(F)F)c(Cl)c4C4CC4)c3)ccnc12. The second-order valence-electron chi connectivity index (χ2n) is 8.45. The lowest BCUT2D eigenvalue weighted by Crippen LogP contribution is -2.21. The number of aromatic nitrogens is 5. The van der Waals surface area contributed by atoms with Gasteiger partial charge in [-0.15, -0.1) is 0 Å². The van der Waals surface area contributed by atoms with Gasteiger partial charge in [0.15, 0.2) is 11.3 Å². The second-order valence-corrected chi connectivity index (χ2v) is 8.83. The van der Waals surface area contributed by atoms with Gasteiger partial charge < -0.3 is 10.1 Å². The molecule has 1 amide bonds. The molecule has 1 aliphatic carbocycles. The fourth-order valence-corrected chi connectivity index (χ4v) is 4.45. The number of anilines is 1. The van der Waals surface area contributed by atoms with Crippen LogP contribution in [0.1, 0.15) is 47.4 Å². The number of carbonyl (C=O) groups is 2. The minimum absolute atomic E-state index is 0.144. The number of nitrogens with one attached hydrogen (secondary N) is 1. The molecular weight excluding hydrogens is 513 g/mol. The van der Waals surface area contributed by atoms with E-state index in [1.807, 2.05) is 0 Å². The summed E-state index contributed by atoms with van der Waals surface area (Å²) >= 11 is 5.99. The fourth-order valence-electron chi connectivity index (χ4n) is 4.06. The first-order valence-corrected chi connectivity index (χ1v) is 11.8. The van der Waals surface area contributed by atoms with E-state index in [1.165, 1.54) is 16.9 Å². The average Bonchev–Trinajstić information content (AvgIpc) is 3.48. The highest BCUT2D eigenvalue weighted by molar-refractivity contribution is 6.32. The van der Waals surface area contributed by atoms with Crippen molar-refractivity contribution in [1.82, 2.24) is 24.4 Å². The molecule has 0 bridgehead atoms. The van der Waals surface area contributed by atoms with Gasteiger partial charge in [-0.1, -0.05) is 23.7 Å². The number of hydrogen-bond acceptors (Lipinski definition) is 6. The van der Waals surface area contributed by atoms with Gasteiger partial charge in [-0.25, -0.2) is 14.3 Å². The lowest BCUT2D eigenvalue weighted by atomic mass is 10.1. The highest BCUT2D eigenvalue weighted by atomic mass is 35.5. The van der Waals surface area contributed by atoms with Crippen LogP contribution in [0, 0.1) is 0 Å². The van der Waals surface area contributed by atoms with Gasteiger partial charge in [0.05, 0.1) is 29.2 Å². The molecule has 1 aromatic carbocycles. The molecule has 3 heterocycles. The Kier molecular flexibility index (Phi) is 6.36. The molecule has 9 nitrogen and oxygen atoms in total. The van der Waals surface area contributed by atoms with Crippen molar-refractivity contribution in [3.8, 4) is 11.3 Å². The summed E-state index contributed by atoms with van der Waals surface area (Å²) in [4.78, 5) is 29.2. The monoisotopic (exact) mass is 532 g/mol. The molecule has 0 unspecified atom stereocenters. The first kappa shape index (κ1) is 24.8. The van der Waals surface area contributed by atoms with Crippen molar-refractivity contribution < 1.29 is 27.5 Å². The topological polar surface area (TPSA) is 103 Å². The molecule has 0 atom stereocenters. The third-order valence-corrected chi connectivity index (χ3v) is 6.17. The van der Waals surface area contributed by atoms with Gasteiger partial charge in [0.25, 0.3) is 0 Å². The molecule has 1 fully saturated rings. The molecule has 1 N–H and O–H groups in total. The van der Waals surface area contributed by atoms with E-state index in [-0.39, 0.29) is 23.8 Å². The van der Waals surface area contributed by atoms with Crippen LogP contribution in [-0.4, -0.2) is 42.9 Å². The van der Waals surface area contributed by atoms with Gasteiger partial charge in [0, 0.05) is 23.4 Å². The lowest BCUT2D eigenvalue weighted by Gasteiger charge is -2.10.